The Balaban J connectivity index is 0.000000277. The van der Waals surface area contributed by atoms with Crippen LogP contribution in [0.3, 0.4) is 0 Å². The molecule has 0 unspecified atom stereocenters. The highest BCUT2D eigenvalue weighted by atomic mass is 35.5. The molecule has 0 aliphatic rings. The summed E-state index contributed by atoms with van der Waals surface area (Å²) in [5.74, 6) is 0. The van der Waals surface area contributed by atoms with Gasteiger partial charge in [-0.05, 0) is 36.1 Å². The van der Waals surface area contributed by atoms with Gasteiger partial charge in [-0.15, -0.1) is 0 Å². The van der Waals surface area contributed by atoms with Crippen molar-refractivity contribution >= 4 is 34.9 Å². The second kappa shape index (κ2) is 13.6. The van der Waals surface area contributed by atoms with Gasteiger partial charge >= 0.3 is 12.3 Å². The highest BCUT2D eigenvalue weighted by Gasteiger charge is 2.08. The van der Waals surface area contributed by atoms with Crippen LogP contribution in [0.2, 0.25) is 5.02 Å². The van der Waals surface area contributed by atoms with Crippen molar-refractivity contribution in [1.29, 1.82) is 10.5 Å². The molecule has 4 rings (SSSR count). The van der Waals surface area contributed by atoms with E-state index < -0.39 is 0 Å². The maximum Gasteiger partial charge on any atom is 0.373 e. The van der Waals surface area contributed by atoms with Crippen LogP contribution >= 0.6 is 11.6 Å². The molecule has 1 N–H and O–H groups in total. The third-order valence-electron chi connectivity index (χ3n) is 4.39. The Morgan fingerprint density at radius 2 is 1.47 bits per heavy atom. The molecule has 0 amide bonds. The summed E-state index contributed by atoms with van der Waals surface area (Å²) in [7, 11) is 0. The van der Waals surface area contributed by atoms with Crippen LogP contribution in [0.4, 0.5) is 0 Å². The molecule has 12 heteroatoms. The number of rotatable bonds is 2. The first-order chi connectivity index (χ1) is 16.3. The number of hydrogen-bond donors (Lipinski definition) is 1. The van der Waals surface area contributed by atoms with Gasteiger partial charge in [0.1, 0.15) is 23.2 Å². The van der Waals surface area contributed by atoms with Crippen molar-refractivity contribution in [3.63, 3.8) is 0 Å². The lowest BCUT2D eigenvalue weighted by Crippen LogP contribution is -2.10. The normalized spacial score (nSPS) is 8.97. The first-order valence-corrected chi connectivity index (χ1v) is 9.90. The number of H-pyrrole nitrogens is 1. The fourth-order valence-electron chi connectivity index (χ4n) is 2.76. The molecule has 0 radical (unpaired) electrons. The summed E-state index contributed by atoms with van der Waals surface area (Å²) in [6.45, 7) is 4.08. The van der Waals surface area contributed by atoms with E-state index in [1.54, 1.807) is 15.1 Å². The molecule has 4 heterocycles. The Bertz CT molecular complexity index is 1480. The fourth-order valence-corrected chi connectivity index (χ4v) is 3.00. The molecule has 0 bridgehead atoms. The number of hydrogen-bond acceptors (Lipinski definition) is 8. The van der Waals surface area contributed by atoms with Crippen LogP contribution in [0.1, 0.15) is 36.1 Å². The van der Waals surface area contributed by atoms with E-state index in [-0.39, 0.29) is 23.3 Å². The molecule has 0 saturated heterocycles. The zero-order valence-electron chi connectivity index (χ0n) is 18.0. The summed E-state index contributed by atoms with van der Waals surface area (Å²) in [5.41, 5.74) is 3.91. The average Bonchev–Trinajstić information content (AvgIpc) is 3.46. The zero-order valence-corrected chi connectivity index (χ0v) is 18.8. The minimum Gasteiger partial charge on any atom is -0.300 e. The number of nitrogens with one attached hydrogen (secondary N) is 1. The van der Waals surface area contributed by atoms with E-state index in [4.69, 9.17) is 41.3 Å². The molecule has 4 aromatic rings. The van der Waals surface area contributed by atoms with Gasteiger partial charge in [0.2, 0.25) is 5.43 Å². The number of aromatic nitrogens is 4. The number of nitriles is 2. The van der Waals surface area contributed by atoms with Crippen LogP contribution in [0.5, 0.6) is 0 Å². The first kappa shape index (κ1) is 27.2. The largest absolute Gasteiger partial charge is 0.373 e. The van der Waals surface area contributed by atoms with Crippen LogP contribution in [-0.4, -0.2) is 31.5 Å². The van der Waals surface area contributed by atoms with Gasteiger partial charge in [0.25, 0.3) is 0 Å². The second-order valence-electron chi connectivity index (χ2n) is 6.27. The quantitative estimate of drug-likeness (QED) is 0.455. The molecule has 0 fully saturated rings. The van der Waals surface area contributed by atoms with Crippen molar-refractivity contribution in [2.24, 2.45) is 0 Å². The highest BCUT2D eigenvalue weighted by molar-refractivity contribution is 6.34. The van der Waals surface area contributed by atoms with E-state index in [1.807, 2.05) is 37.5 Å². The molecule has 11 nitrogen and oxygen atoms in total. The maximum atomic E-state index is 11.6. The molecular weight excluding hydrogens is 464 g/mol. The van der Waals surface area contributed by atoms with Crippen molar-refractivity contribution in [2.75, 3.05) is 0 Å². The third kappa shape index (κ3) is 6.60. The van der Waals surface area contributed by atoms with E-state index in [0.29, 0.717) is 16.1 Å². The lowest BCUT2D eigenvalue weighted by atomic mass is 10.2. The average molecular weight is 481 g/mol. The predicted molar refractivity (Wildman–Crippen MR) is 116 cm³/mol. The zero-order chi connectivity index (χ0) is 25.7. The van der Waals surface area contributed by atoms with Gasteiger partial charge in [-0.25, -0.2) is 4.52 Å². The van der Waals surface area contributed by atoms with Gasteiger partial charge in [-0.3, -0.25) is 9.31 Å². The summed E-state index contributed by atoms with van der Waals surface area (Å²) in [6.07, 6.45) is 8.99. The first-order valence-electron chi connectivity index (χ1n) is 9.52. The van der Waals surface area contributed by atoms with Crippen LogP contribution < -0.4 is 5.43 Å². The van der Waals surface area contributed by atoms with Gasteiger partial charge < -0.3 is 5.10 Å². The number of halogens is 1. The number of nitrogens with zero attached hydrogens (tertiary/aromatic N) is 5. The molecule has 0 saturated carbocycles. The summed E-state index contributed by atoms with van der Waals surface area (Å²) in [4.78, 5) is 44.1. The number of aryl methyl sites for hydroxylation is 2. The lowest BCUT2D eigenvalue weighted by molar-refractivity contribution is -0.193. The molecule has 0 aliphatic heterocycles. The SMILES string of the molecule is CCc1cc2c(=O)c(C#N)c[nH]n2c1.CCc1cc2c(Cl)c(C#N)cnn2c1.O=C=O.O=C=O. The Morgan fingerprint density at radius 3 is 2.00 bits per heavy atom. The van der Waals surface area contributed by atoms with Gasteiger partial charge in [0.05, 0.1) is 22.3 Å². The standard InChI is InChI=1S/C10H8ClN3.C10H9N3O.2CO2/c1-2-7-3-9-10(11)8(4-12)5-13-14(9)6-7;1-2-7-3-9-10(14)8(4-11)5-12-13(9)6-7;2*2-1-3/h3,5-6H,2H2,1H3;3,5-6,12H,2H2,1H3;;. The van der Waals surface area contributed by atoms with Crippen molar-refractivity contribution < 1.29 is 19.2 Å². The lowest BCUT2D eigenvalue weighted by Gasteiger charge is -1.96. The smallest absolute Gasteiger partial charge is 0.300 e. The van der Waals surface area contributed by atoms with Crippen LogP contribution in [0, 0.1) is 22.7 Å². The summed E-state index contributed by atoms with van der Waals surface area (Å²) in [5, 5.41) is 24.8. The van der Waals surface area contributed by atoms with Crippen LogP contribution in [0.15, 0.2) is 41.7 Å². The Kier molecular flexibility index (Phi) is 10.9. The van der Waals surface area contributed by atoms with E-state index in [9.17, 15) is 4.79 Å². The van der Waals surface area contributed by atoms with E-state index in [2.05, 4.69) is 17.1 Å². The van der Waals surface area contributed by atoms with Gasteiger partial charge in [0, 0.05) is 18.6 Å². The number of aromatic amines is 1. The van der Waals surface area contributed by atoms with Gasteiger partial charge in [0.15, 0.2) is 0 Å². The number of carbonyl (C=O) groups excluding carboxylic acids is 4. The van der Waals surface area contributed by atoms with Crippen LogP contribution in [0.25, 0.3) is 11.0 Å². The van der Waals surface area contributed by atoms with Crippen molar-refractivity contribution in [2.45, 2.75) is 26.7 Å². The maximum absolute atomic E-state index is 11.6. The van der Waals surface area contributed by atoms with E-state index in [1.165, 1.54) is 12.4 Å². The van der Waals surface area contributed by atoms with Crippen molar-refractivity contribution in [3.8, 4) is 12.1 Å². The Morgan fingerprint density at radius 1 is 0.941 bits per heavy atom. The number of fused-ring (bicyclic) bond motifs is 2. The predicted octanol–water partition coefficient (Wildman–Crippen LogP) is 2.32. The van der Waals surface area contributed by atoms with Gasteiger partial charge in [-0.1, -0.05) is 25.4 Å². The summed E-state index contributed by atoms with van der Waals surface area (Å²) >= 11 is 6.03. The van der Waals surface area contributed by atoms with Gasteiger partial charge in [-0.2, -0.15) is 34.8 Å². The monoisotopic (exact) mass is 480 g/mol. The molecule has 0 atom stereocenters. The van der Waals surface area contributed by atoms with E-state index in [0.717, 1.165) is 29.5 Å². The van der Waals surface area contributed by atoms with Crippen LogP contribution in [-0.2, 0) is 32.0 Å². The molecule has 4 aromatic heterocycles. The van der Waals surface area contributed by atoms with Crippen molar-refractivity contribution in [3.05, 3.63) is 74.4 Å². The molecular formula is C22H17ClN6O5. The summed E-state index contributed by atoms with van der Waals surface area (Å²) < 4.78 is 3.34. The Hall–Kier alpha value is -4.79. The fraction of sp³-hybridized carbons (Fsp3) is 0.182. The minimum absolute atomic E-state index is 0.151. The molecule has 34 heavy (non-hydrogen) atoms. The molecule has 0 aliphatic carbocycles. The second-order valence-corrected chi connectivity index (χ2v) is 6.65. The topological polar surface area (TPSA) is 170 Å². The Labute approximate surface area is 197 Å². The molecule has 0 aromatic carbocycles. The third-order valence-corrected chi connectivity index (χ3v) is 4.79. The molecule has 172 valence electrons. The van der Waals surface area contributed by atoms with Crippen molar-refractivity contribution in [1.82, 2.24) is 19.2 Å². The van der Waals surface area contributed by atoms with E-state index >= 15 is 0 Å². The highest BCUT2D eigenvalue weighted by Crippen LogP contribution is 2.22. The minimum atomic E-state index is -0.217. The summed E-state index contributed by atoms with van der Waals surface area (Å²) in [6, 6.07) is 7.62. The molecule has 0 spiro atoms.